The predicted octanol–water partition coefficient (Wildman–Crippen LogP) is 3.79. The average Bonchev–Trinajstić information content (AvgIpc) is 2.23. The molecule has 4 heteroatoms. The molecule has 0 aliphatic carbocycles. The zero-order valence-electron chi connectivity index (χ0n) is 12.7. The van der Waals surface area contributed by atoms with Crippen molar-refractivity contribution in [1.82, 2.24) is 4.98 Å². The fraction of sp³-hybridized carbons (Fsp3) is 0.600. The van der Waals surface area contributed by atoms with Gasteiger partial charge >= 0.3 is 6.09 Å². The van der Waals surface area contributed by atoms with Crippen LogP contribution in [0, 0.1) is 12.8 Å². The van der Waals surface area contributed by atoms with Gasteiger partial charge in [0.1, 0.15) is 11.4 Å². The lowest BCUT2D eigenvalue weighted by Gasteiger charge is -2.28. The number of hydrogen-bond donors (Lipinski definition) is 0. The second-order valence-corrected chi connectivity index (χ2v) is 6.18. The summed E-state index contributed by atoms with van der Waals surface area (Å²) in [5.74, 6) is 0.984. The van der Waals surface area contributed by atoms with Crippen LogP contribution in [0.15, 0.2) is 18.3 Å². The third-order valence-electron chi connectivity index (χ3n) is 2.34. The minimum atomic E-state index is -0.504. The molecule has 0 spiro atoms. The number of aryl methyl sites for hydroxylation is 1. The molecule has 0 aromatic carbocycles. The van der Waals surface area contributed by atoms with E-state index >= 15 is 0 Å². The normalized spacial score (nSPS) is 11.5. The van der Waals surface area contributed by atoms with E-state index in [9.17, 15) is 4.79 Å². The third-order valence-corrected chi connectivity index (χ3v) is 2.34. The minimum absolute atomic E-state index is 0.342. The molecule has 1 heterocycles. The lowest BCUT2D eigenvalue weighted by atomic mass is 10.2. The number of carbonyl (C=O) groups is 1. The van der Waals surface area contributed by atoms with Crippen LogP contribution in [-0.2, 0) is 4.74 Å². The van der Waals surface area contributed by atoms with Gasteiger partial charge in [0.2, 0.25) is 0 Å². The maximum absolute atomic E-state index is 12.3. The average molecular weight is 264 g/mol. The van der Waals surface area contributed by atoms with Crippen LogP contribution in [0.3, 0.4) is 0 Å². The van der Waals surface area contributed by atoms with Crippen LogP contribution >= 0.6 is 0 Å². The Morgan fingerprint density at radius 2 is 2.05 bits per heavy atom. The molecule has 1 rings (SSSR count). The molecule has 1 aromatic heterocycles. The summed E-state index contributed by atoms with van der Waals surface area (Å²) in [4.78, 5) is 18.1. The van der Waals surface area contributed by atoms with Crippen molar-refractivity contribution in [3.63, 3.8) is 0 Å². The molecule has 0 bridgehead atoms. The van der Waals surface area contributed by atoms with Gasteiger partial charge < -0.3 is 4.74 Å². The van der Waals surface area contributed by atoms with Gasteiger partial charge in [0.05, 0.1) is 0 Å². The monoisotopic (exact) mass is 264 g/mol. The summed E-state index contributed by atoms with van der Waals surface area (Å²) in [6.07, 6.45) is 1.36. The molecule has 0 aliphatic heterocycles. The summed E-state index contributed by atoms with van der Waals surface area (Å²) in [6.45, 7) is 12.3. The quantitative estimate of drug-likeness (QED) is 0.834. The zero-order chi connectivity index (χ0) is 14.6. The van der Waals surface area contributed by atoms with Gasteiger partial charge in [-0.1, -0.05) is 13.8 Å². The number of hydrogen-bond acceptors (Lipinski definition) is 3. The number of pyridine rings is 1. The summed E-state index contributed by atoms with van der Waals surface area (Å²) in [5, 5.41) is 0. The SMILES string of the molecule is Cc1ccnc(N(CC(C)C)C(=O)OC(C)(C)C)c1. The van der Waals surface area contributed by atoms with Gasteiger partial charge in [-0.05, 0) is 51.3 Å². The van der Waals surface area contributed by atoms with Crippen LogP contribution in [0.2, 0.25) is 0 Å². The first-order valence-electron chi connectivity index (χ1n) is 6.62. The number of anilines is 1. The van der Waals surface area contributed by atoms with Crippen LogP contribution in [0.25, 0.3) is 0 Å². The molecular weight excluding hydrogens is 240 g/mol. The second kappa shape index (κ2) is 6.04. The summed E-state index contributed by atoms with van der Waals surface area (Å²) in [7, 11) is 0. The van der Waals surface area contributed by atoms with E-state index in [0.717, 1.165) is 5.56 Å². The van der Waals surface area contributed by atoms with Crippen LogP contribution in [0.4, 0.5) is 10.6 Å². The third kappa shape index (κ3) is 5.28. The van der Waals surface area contributed by atoms with Crippen molar-refractivity contribution >= 4 is 11.9 Å². The van der Waals surface area contributed by atoms with Crippen LogP contribution in [-0.4, -0.2) is 23.2 Å². The Balaban J connectivity index is 2.98. The molecule has 1 amide bonds. The van der Waals surface area contributed by atoms with Crippen LogP contribution in [0.1, 0.15) is 40.2 Å². The van der Waals surface area contributed by atoms with E-state index in [2.05, 4.69) is 18.8 Å². The topological polar surface area (TPSA) is 42.4 Å². The number of rotatable bonds is 3. The van der Waals surface area contributed by atoms with Gasteiger partial charge in [-0.2, -0.15) is 0 Å². The Hall–Kier alpha value is -1.58. The van der Waals surface area contributed by atoms with Crippen molar-refractivity contribution < 1.29 is 9.53 Å². The molecule has 4 nitrogen and oxygen atoms in total. The molecule has 0 N–H and O–H groups in total. The summed E-state index contributed by atoms with van der Waals surface area (Å²) < 4.78 is 5.44. The van der Waals surface area contributed by atoms with Gasteiger partial charge in [0.25, 0.3) is 0 Å². The first-order valence-corrected chi connectivity index (χ1v) is 6.62. The number of amides is 1. The highest BCUT2D eigenvalue weighted by Gasteiger charge is 2.24. The Kier molecular flexibility index (Phi) is 4.92. The standard InChI is InChI=1S/C15H24N2O2/c1-11(2)10-17(14(18)19-15(4,5)6)13-9-12(3)7-8-16-13/h7-9,11H,10H2,1-6H3. The lowest BCUT2D eigenvalue weighted by Crippen LogP contribution is -2.39. The second-order valence-electron chi connectivity index (χ2n) is 6.18. The van der Waals surface area contributed by atoms with Gasteiger partial charge in [-0.15, -0.1) is 0 Å². The number of nitrogens with zero attached hydrogens (tertiary/aromatic N) is 2. The first kappa shape index (κ1) is 15.5. The molecular formula is C15H24N2O2. The van der Waals surface area contributed by atoms with Gasteiger partial charge in [0.15, 0.2) is 0 Å². The largest absolute Gasteiger partial charge is 0.443 e. The molecule has 106 valence electrons. The number of ether oxygens (including phenoxy) is 1. The summed E-state index contributed by atoms with van der Waals surface area (Å²) >= 11 is 0. The van der Waals surface area contributed by atoms with Gasteiger partial charge in [-0.25, -0.2) is 9.78 Å². The molecule has 0 atom stereocenters. The van der Waals surface area contributed by atoms with Gasteiger partial charge in [0, 0.05) is 12.7 Å². The van der Waals surface area contributed by atoms with E-state index in [0.29, 0.717) is 18.3 Å². The molecule has 0 fully saturated rings. The van der Waals surface area contributed by atoms with Crippen molar-refractivity contribution in [2.24, 2.45) is 5.92 Å². The minimum Gasteiger partial charge on any atom is -0.443 e. The highest BCUT2D eigenvalue weighted by atomic mass is 16.6. The van der Waals surface area contributed by atoms with E-state index in [4.69, 9.17) is 4.74 Å². The van der Waals surface area contributed by atoms with Crippen molar-refractivity contribution in [3.05, 3.63) is 23.9 Å². The Morgan fingerprint density at radius 3 is 2.53 bits per heavy atom. The van der Waals surface area contributed by atoms with E-state index in [1.54, 1.807) is 11.1 Å². The maximum Gasteiger partial charge on any atom is 0.416 e. The van der Waals surface area contributed by atoms with E-state index in [1.165, 1.54) is 0 Å². The summed E-state index contributed by atoms with van der Waals surface area (Å²) in [6, 6.07) is 3.80. The Labute approximate surface area is 115 Å². The number of aromatic nitrogens is 1. The van der Waals surface area contributed by atoms with Crippen LogP contribution in [0.5, 0.6) is 0 Å². The maximum atomic E-state index is 12.3. The fourth-order valence-corrected chi connectivity index (χ4v) is 1.61. The highest BCUT2D eigenvalue weighted by Crippen LogP contribution is 2.18. The highest BCUT2D eigenvalue weighted by molar-refractivity contribution is 5.86. The Bertz CT molecular complexity index is 436. The predicted molar refractivity (Wildman–Crippen MR) is 77.4 cm³/mol. The van der Waals surface area contributed by atoms with Crippen molar-refractivity contribution in [2.45, 2.75) is 47.1 Å². The van der Waals surface area contributed by atoms with Gasteiger partial charge in [-0.3, -0.25) is 4.90 Å². The van der Waals surface area contributed by atoms with E-state index < -0.39 is 5.60 Å². The van der Waals surface area contributed by atoms with Crippen molar-refractivity contribution in [3.8, 4) is 0 Å². The molecule has 0 saturated heterocycles. The molecule has 0 unspecified atom stereocenters. The zero-order valence-corrected chi connectivity index (χ0v) is 12.7. The molecule has 0 radical (unpaired) electrons. The Morgan fingerprint density at radius 1 is 1.42 bits per heavy atom. The molecule has 0 aliphatic rings. The number of carbonyl (C=O) groups excluding carboxylic acids is 1. The van der Waals surface area contributed by atoms with E-state index in [1.807, 2.05) is 39.8 Å². The fourth-order valence-electron chi connectivity index (χ4n) is 1.61. The van der Waals surface area contributed by atoms with Crippen molar-refractivity contribution in [2.75, 3.05) is 11.4 Å². The molecule has 0 saturated carbocycles. The molecule has 1 aromatic rings. The lowest BCUT2D eigenvalue weighted by molar-refractivity contribution is 0.0575. The van der Waals surface area contributed by atoms with E-state index in [-0.39, 0.29) is 6.09 Å². The summed E-state index contributed by atoms with van der Waals surface area (Å²) in [5.41, 5.74) is 0.568. The molecule has 19 heavy (non-hydrogen) atoms. The first-order chi connectivity index (χ1) is 8.69. The van der Waals surface area contributed by atoms with Crippen molar-refractivity contribution in [1.29, 1.82) is 0 Å². The smallest absolute Gasteiger partial charge is 0.416 e. The van der Waals surface area contributed by atoms with Crippen LogP contribution < -0.4 is 4.90 Å².